The summed E-state index contributed by atoms with van der Waals surface area (Å²) >= 11 is 0. The SMILES string of the molecule is COc1ccc(C(N)=O)c(C(=O)Cc2cccc(C)c2)c1. The van der Waals surface area contributed by atoms with Crippen molar-refractivity contribution in [2.75, 3.05) is 7.11 Å². The maximum Gasteiger partial charge on any atom is 0.249 e. The molecule has 0 spiro atoms. The Morgan fingerprint density at radius 1 is 1.10 bits per heavy atom. The van der Waals surface area contributed by atoms with Gasteiger partial charge >= 0.3 is 0 Å². The quantitative estimate of drug-likeness (QED) is 0.857. The van der Waals surface area contributed by atoms with E-state index in [2.05, 4.69) is 0 Å². The van der Waals surface area contributed by atoms with Gasteiger partial charge in [0.1, 0.15) is 5.75 Å². The highest BCUT2D eigenvalue weighted by molar-refractivity contribution is 6.08. The van der Waals surface area contributed by atoms with Gasteiger partial charge in [0.15, 0.2) is 5.78 Å². The van der Waals surface area contributed by atoms with Gasteiger partial charge in [0.2, 0.25) is 5.91 Å². The number of rotatable bonds is 5. The van der Waals surface area contributed by atoms with Crippen molar-refractivity contribution in [3.63, 3.8) is 0 Å². The number of benzene rings is 2. The van der Waals surface area contributed by atoms with Gasteiger partial charge in [-0.2, -0.15) is 0 Å². The second-order valence-corrected chi connectivity index (χ2v) is 4.86. The average Bonchev–Trinajstić information content (AvgIpc) is 2.46. The third kappa shape index (κ3) is 3.48. The lowest BCUT2D eigenvalue weighted by Crippen LogP contribution is -2.17. The van der Waals surface area contributed by atoms with Crippen LogP contribution in [0, 0.1) is 6.92 Å². The summed E-state index contributed by atoms with van der Waals surface area (Å²) < 4.78 is 5.10. The molecular weight excluding hydrogens is 266 g/mol. The van der Waals surface area contributed by atoms with Crippen LogP contribution < -0.4 is 10.5 Å². The Hall–Kier alpha value is -2.62. The van der Waals surface area contributed by atoms with Gasteiger partial charge in [-0.05, 0) is 30.7 Å². The van der Waals surface area contributed by atoms with Crippen LogP contribution in [0.2, 0.25) is 0 Å². The summed E-state index contributed by atoms with van der Waals surface area (Å²) in [6, 6.07) is 12.4. The molecule has 0 fully saturated rings. The second-order valence-electron chi connectivity index (χ2n) is 4.86. The molecule has 2 aromatic rings. The van der Waals surface area contributed by atoms with Gasteiger partial charge in [0.05, 0.1) is 12.7 Å². The molecule has 0 aliphatic heterocycles. The third-order valence-corrected chi connectivity index (χ3v) is 3.24. The number of carbonyl (C=O) groups excluding carboxylic acids is 2. The van der Waals surface area contributed by atoms with Gasteiger partial charge in [-0.1, -0.05) is 29.8 Å². The number of amides is 1. The second kappa shape index (κ2) is 6.22. The van der Waals surface area contributed by atoms with E-state index < -0.39 is 5.91 Å². The first-order valence-corrected chi connectivity index (χ1v) is 6.58. The topological polar surface area (TPSA) is 69.4 Å². The van der Waals surface area contributed by atoms with Gasteiger partial charge < -0.3 is 10.5 Å². The Morgan fingerprint density at radius 2 is 1.86 bits per heavy atom. The molecule has 4 nitrogen and oxygen atoms in total. The summed E-state index contributed by atoms with van der Waals surface area (Å²) in [5.41, 5.74) is 7.83. The lowest BCUT2D eigenvalue weighted by atomic mass is 9.97. The van der Waals surface area contributed by atoms with Gasteiger partial charge in [-0.15, -0.1) is 0 Å². The number of hydrogen-bond donors (Lipinski definition) is 1. The molecule has 2 rings (SSSR count). The van der Waals surface area contributed by atoms with Crippen molar-refractivity contribution in [1.82, 2.24) is 0 Å². The molecule has 0 atom stereocenters. The Labute approximate surface area is 123 Å². The minimum atomic E-state index is -0.620. The number of carbonyl (C=O) groups is 2. The molecule has 4 heteroatoms. The molecule has 2 aromatic carbocycles. The van der Waals surface area contributed by atoms with Gasteiger partial charge in [0, 0.05) is 12.0 Å². The maximum atomic E-state index is 12.5. The number of aryl methyl sites for hydroxylation is 1. The molecule has 0 aliphatic carbocycles. The van der Waals surface area contributed by atoms with Crippen molar-refractivity contribution in [3.8, 4) is 5.75 Å². The van der Waals surface area contributed by atoms with Crippen LogP contribution in [-0.2, 0) is 6.42 Å². The Balaban J connectivity index is 2.35. The van der Waals surface area contributed by atoms with Crippen LogP contribution in [0.4, 0.5) is 0 Å². The first-order valence-electron chi connectivity index (χ1n) is 6.58. The van der Waals surface area contributed by atoms with E-state index in [1.54, 1.807) is 12.1 Å². The fourth-order valence-corrected chi connectivity index (χ4v) is 2.20. The van der Waals surface area contributed by atoms with Crippen molar-refractivity contribution in [2.45, 2.75) is 13.3 Å². The summed E-state index contributed by atoms with van der Waals surface area (Å²) in [6.07, 6.45) is 0.217. The first-order chi connectivity index (χ1) is 10.0. The summed E-state index contributed by atoms with van der Waals surface area (Å²) in [4.78, 5) is 23.9. The molecule has 0 unspecified atom stereocenters. The zero-order valence-electron chi connectivity index (χ0n) is 12.1. The smallest absolute Gasteiger partial charge is 0.249 e. The molecule has 0 heterocycles. The number of primary amides is 1. The van der Waals surface area contributed by atoms with E-state index in [-0.39, 0.29) is 17.8 Å². The third-order valence-electron chi connectivity index (χ3n) is 3.24. The zero-order chi connectivity index (χ0) is 15.4. The minimum absolute atomic E-state index is 0.159. The lowest BCUT2D eigenvalue weighted by Gasteiger charge is -2.09. The van der Waals surface area contributed by atoms with Crippen LogP contribution in [0.15, 0.2) is 42.5 Å². The van der Waals surface area contributed by atoms with Crippen molar-refractivity contribution in [2.24, 2.45) is 5.73 Å². The van der Waals surface area contributed by atoms with Crippen LogP contribution in [-0.4, -0.2) is 18.8 Å². The number of hydrogen-bond acceptors (Lipinski definition) is 3. The minimum Gasteiger partial charge on any atom is -0.497 e. The molecule has 0 saturated heterocycles. The highest BCUT2D eigenvalue weighted by Gasteiger charge is 2.16. The Bertz CT molecular complexity index is 692. The first kappa shape index (κ1) is 14.8. The van der Waals surface area contributed by atoms with Crippen molar-refractivity contribution >= 4 is 11.7 Å². The van der Waals surface area contributed by atoms with Crippen LogP contribution in [0.3, 0.4) is 0 Å². The molecule has 0 saturated carbocycles. The number of methoxy groups -OCH3 is 1. The van der Waals surface area contributed by atoms with E-state index in [4.69, 9.17) is 10.5 Å². The van der Waals surface area contributed by atoms with Crippen LogP contribution >= 0.6 is 0 Å². The van der Waals surface area contributed by atoms with Gasteiger partial charge in [0.25, 0.3) is 0 Å². The monoisotopic (exact) mass is 283 g/mol. The standard InChI is InChI=1S/C17H17NO3/c1-11-4-3-5-12(8-11)9-16(19)15-10-13(21-2)6-7-14(15)17(18)20/h3-8,10H,9H2,1-2H3,(H2,18,20). The lowest BCUT2D eigenvalue weighted by molar-refractivity contribution is 0.0963. The van der Waals surface area contributed by atoms with Crippen LogP contribution in [0.25, 0.3) is 0 Å². The Morgan fingerprint density at radius 3 is 2.48 bits per heavy atom. The maximum absolute atomic E-state index is 12.5. The Kier molecular flexibility index (Phi) is 4.38. The molecule has 108 valence electrons. The van der Waals surface area contributed by atoms with Crippen molar-refractivity contribution in [1.29, 1.82) is 0 Å². The number of ketones is 1. The van der Waals surface area contributed by atoms with E-state index in [0.29, 0.717) is 11.3 Å². The summed E-state index contributed by atoms with van der Waals surface area (Å²) in [6.45, 7) is 1.97. The molecule has 2 N–H and O–H groups in total. The largest absolute Gasteiger partial charge is 0.497 e. The number of nitrogens with two attached hydrogens (primary N) is 1. The molecule has 0 bridgehead atoms. The van der Waals surface area contributed by atoms with Crippen LogP contribution in [0.1, 0.15) is 31.8 Å². The average molecular weight is 283 g/mol. The fourth-order valence-electron chi connectivity index (χ4n) is 2.20. The fraction of sp³-hybridized carbons (Fsp3) is 0.176. The summed E-state index contributed by atoms with van der Waals surface area (Å²) in [7, 11) is 1.51. The van der Waals surface area contributed by atoms with E-state index in [9.17, 15) is 9.59 Å². The predicted molar refractivity (Wildman–Crippen MR) is 80.7 cm³/mol. The van der Waals surface area contributed by atoms with E-state index in [1.807, 2.05) is 31.2 Å². The highest BCUT2D eigenvalue weighted by Crippen LogP contribution is 2.20. The predicted octanol–water partition coefficient (Wildman–Crippen LogP) is 2.53. The van der Waals surface area contributed by atoms with E-state index in [1.165, 1.54) is 13.2 Å². The molecule has 0 radical (unpaired) electrons. The molecule has 0 aliphatic rings. The van der Waals surface area contributed by atoms with E-state index >= 15 is 0 Å². The number of Topliss-reactive ketones (excluding diaryl/α,β-unsaturated/α-hetero) is 1. The normalized spacial score (nSPS) is 10.2. The highest BCUT2D eigenvalue weighted by atomic mass is 16.5. The van der Waals surface area contributed by atoms with Crippen molar-refractivity contribution < 1.29 is 14.3 Å². The van der Waals surface area contributed by atoms with Gasteiger partial charge in [-0.25, -0.2) is 0 Å². The van der Waals surface area contributed by atoms with Crippen LogP contribution in [0.5, 0.6) is 5.75 Å². The molecule has 21 heavy (non-hydrogen) atoms. The summed E-state index contributed by atoms with van der Waals surface area (Å²) in [5, 5.41) is 0. The molecule has 1 amide bonds. The molecular formula is C17H17NO3. The zero-order valence-corrected chi connectivity index (χ0v) is 12.1. The van der Waals surface area contributed by atoms with Crippen molar-refractivity contribution in [3.05, 3.63) is 64.7 Å². The number of ether oxygens (including phenoxy) is 1. The van der Waals surface area contributed by atoms with Gasteiger partial charge in [-0.3, -0.25) is 9.59 Å². The summed E-state index contributed by atoms with van der Waals surface area (Å²) in [5.74, 6) is -0.258. The van der Waals surface area contributed by atoms with E-state index in [0.717, 1.165) is 11.1 Å². The molecule has 0 aromatic heterocycles.